The highest BCUT2D eigenvalue weighted by Gasteiger charge is 2.17. The maximum atomic E-state index is 12.3. The van der Waals surface area contributed by atoms with Crippen LogP contribution in [0.3, 0.4) is 0 Å². The fourth-order valence-corrected chi connectivity index (χ4v) is 3.56. The third kappa shape index (κ3) is 3.94. The lowest BCUT2D eigenvalue weighted by Gasteiger charge is -2.12. The van der Waals surface area contributed by atoms with Gasteiger partial charge in [0.05, 0.1) is 10.6 Å². The molecule has 0 saturated heterocycles. The molecule has 0 aliphatic carbocycles. The van der Waals surface area contributed by atoms with Crippen LogP contribution >= 0.6 is 39.7 Å². The summed E-state index contributed by atoms with van der Waals surface area (Å²) in [5, 5.41) is 0.336. The van der Waals surface area contributed by atoms with Gasteiger partial charge in [-0.15, -0.1) is 0 Å². The quantitative estimate of drug-likeness (QED) is 0.763. The van der Waals surface area contributed by atoms with Gasteiger partial charge in [0.1, 0.15) is 4.99 Å². The van der Waals surface area contributed by atoms with Gasteiger partial charge in [0, 0.05) is 15.1 Å². The third-order valence-electron chi connectivity index (χ3n) is 2.60. The first kappa shape index (κ1) is 16.2. The molecule has 0 saturated carbocycles. The topological polar surface area (TPSA) is 72.2 Å². The highest BCUT2D eigenvalue weighted by atomic mass is 79.9. The van der Waals surface area contributed by atoms with E-state index in [1.807, 2.05) is 0 Å². The minimum absolute atomic E-state index is 0.0619. The minimum Gasteiger partial charge on any atom is -0.389 e. The molecule has 0 aliphatic rings. The Kier molecular flexibility index (Phi) is 4.88. The second kappa shape index (κ2) is 6.31. The number of benzene rings is 2. The van der Waals surface area contributed by atoms with Crippen molar-refractivity contribution in [1.82, 2.24) is 0 Å². The molecule has 2 rings (SSSR count). The van der Waals surface area contributed by atoms with E-state index in [2.05, 4.69) is 20.7 Å². The summed E-state index contributed by atoms with van der Waals surface area (Å²) in [6.07, 6.45) is 0. The average molecular weight is 406 g/mol. The zero-order valence-electron chi connectivity index (χ0n) is 10.5. The van der Waals surface area contributed by atoms with Crippen LogP contribution < -0.4 is 10.5 Å². The van der Waals surface area contributed by atoms with Crippen LogP contribution in [0, 0.1) is 0 Å². The van der Waals surface area contributed by atoms with Crippen molar-refractivity contribution in [2.24, 2.45) is 5.73 Å². The second-order valence-electron chi connectivity index (χ2n) is 4.12. The molecule has 0 fully saturated rings. The summed E-state index contributed by atoms with van der Waals surface area (Å²) in [6, 6.07) is 10.9. The van der Waals surface area contributed by atoms with Gasteiger partial charge in [-0.3, -0.25) is 4.72 Å². The normalized spacial score (nSPS) is 11.1. The average Bonchev–Trinajstić information content (AvgIpc) is 2.40. The SMILES string of the molecule is NC(=S)c1cc(Br)ccc1NS(=O)(=O)c1cccc(Cl)c1. The van der Waals surface area contributed by atoms with Gasteiger partial charge < -0.3 is 5.73 Å². The number of anilines is 1. The molecule has 2 aromatic carbocycles. The molecule has 0 heterocycles. The van der Waals surface area contributed by atoms with Gasteiger partial charge in [0.25, 0.3) is 10.0 Å². The van der Waals surface area contributed by atoms with Crippen molar-refractivity contribution < 1.29 is 8.42 Å². The lowest BCUT2D eigenvalue weighted by molar-refractivity contribution is 0.601. The molecule has 0 unspecified atom stereocenters. The van der Waals surface area contributed by atoms with Crippen LogP contribution in [0.15, 0.2) is 51.8 Å². The Morgan fingerprint density at radius 2 is 1.95 bits per heavy atom. The van der Waals surface area contributed by atoms with E-state index in [0.29, 0.717) is 16.3 Å². The maximum absolute atomic E-state index is 12.3. The zero-order valence-corrected chi connectivity index (χ0v) is 14.5. The van der Waals surface area contributed by atoms with Crippen molar-refractivity contribution in [3.8, 4) is 0 Å². The molecule has 0 spiro atoms. The zero-order chi connectivity index (χ0) is 15.6. The first-order valence-corrected chi connectivity index (χ1v) is 8.73. The monoisotopic (exact) mass is 404 g/mol. The lowest BCUT2D eigenvalue weighted by atomic mass is 10.2. The Morgan fingerprint density at radius 3 is 2.57 bits per heavy atom. The largest absolute Gasteiger partial charge is 0.389 e. The smallest absolute Gasteiger partial charge is 0.261 e. The number of nitrogens with one attached hydrogen (secondary N) is 1. The molecule has 8 heteroatoms. The van der Waals surface area contributed by atoms with E-state index in [1.54, 1.807) is 30.3 Å². The van der Waals surface area contributed by atoms with Crippen molar-refractivity contribution in [2.45, 2.75) is 4.90 Å². The van der Waals surface area contributed by atoms with Gasteiger partial charge in [-0.25, -0.2) is 8.42 Å². The predicted octanol–water partition coefficient (Wildman–Crippen LogP) is 3.54. The summed E-state index contributed by atoms with van der Waals surface area (Å²) in [7, 11) is -3.77. The van der Waals surface area contributed by atoms with Crippen molar-refractivity contribution in [3.63, 3.8) is 0 Å². The van der Waals surface area contributed by atoms with Crippen molar-refractivity contribution in [3.05, 3.63) is 57.5 Å². The minimum atomic E-state index is -3.77. The lowest BCUT2D eigenvalue weighted by Crippen LogP contribution is -2.18. The molecule has 0 bridgehead atoms. The molecule has 0 amide bonds. The van der Waals surface area contributed by atoms with Gasteiger partial charge in [-0.05, 0) is 36.4 Å². The summed E-state index contributed by atoms with van der Waals surface area (Å²) in [4.78, 5) is 0.159. The molecule has 4 nitrogen and oxygen atoms in total. The molecule has 0 aromatic heterocycles. The van der Waals surface area contributed by atoms with E-state index in [9.17, 15) is 8.42 Å². The number of hydrogen-bond donors (Lipinski definition) is 2. The van der Waals surface area contributed by atoms with Crippen molar-refractivity contribution in [2.75, 3.05) is 4.72 Å². The molecular formula is C13H10BrClN2O2S2. The van der Waals surface area contributed by atoms with E-state index >= 15 is 0 Å². The van der Waals surface area contributed by atoms with Gasteiger partial charge in [0.2, 0.25) is 0 Å². The fourth-order valence-electron chi connectivity index (χ4n) is 1.65. The van der Waals surface area contributed by atoms with E-state index in [0.717, 1.165) is 4.47 Å². The Labute approximate surface area is 141 Å². The van der Waals surface area contributed by atoms with Gasteiger partial charge in [0.15, 0.2) is 0 Å². The first-order chi connectivity index (χ1) is 9.79. The van der Waals surface area contributed by atoms with Crippen LogP contribution in [0.2, 0.25) is 5.02 Å². The van der Waals surface area contributed by atoms with Crippen molar-refractivity contribution >= 4 is 60.4 Å². The van der Waals surface area contributed by atoms with Crippen LogP contribution in [-0.2, 0) is 10.0 Å². The number of sulfonamides is 1. The van der Waals surface area contributed by atoms with Gasteiger partial charge in [-0.2, -0.15) is 0 Å². The Morgan fingerprint density at radius 1 is 1.24 bits per heavy atom. The third-order valence-corrected chi connectivity index (χ3v) is 4.91. The highest BCUT2D eigenvalue weighted by molar-refractivity contribution is 9.10. The van der Waals surface area contributed by atoms with E-state index in [1.165, 1.54) is 12.1 Å². The second-order valence-corrected chi connectivity index (χ2v) is 7.59. The van der Waals surface area contributed by atoms with Crippen molar-refractivity contribution in [1.29, 1.82) is 0 Å². The molecule has 0 aliphatic heterocycles. The molecule has 0 radical (unpaired) electrons. The Hall–Kier alpha value is -1.15. The van der Waals surface area contributed by atoms with Crippen LogP contribution in [0.25, 0.3) is 0 Å². The Balaban J connectivity index is 2.44. The molecule has 110 valence electrons. The number of hydrogen-bond acceptors (Lipinski definition) is 3. The molecule has 0 atom stereocenters. The number of nitrogens with two attached hydrogens (primary N) is 1. The van der Waals surface area contributed by atoms with E-state index < -0.39 is 10.0 Å². The fraction of sp³-hybridized carbons (Fsp3) is 0. The van der Waals surface area contributed by atoms with E-state index in [-0.39, 0.29) is 9.88 Å². The van der Waals surface area contributed by atoms with Gasteiger partial charge >= 0.3 is 0 Å². The highest BCUT2D eigenvalue weighted by Crippen LogP contribution is 2.24. The molecule has 21 heavy (non-hydrogen) atoms. The molecule has 2 aromatic rings. The maximum Gasteiger partial charge on any atom is 0.261 e. The summed E-state index contributed by atoms with van der Waals surface area (Å²) >= 11 is 14.0. The van der Waals surface area contributed by atoms with Crippen LogP contribution in [0.1, 0.15) is 5.56 Å². The number of thiocarbonyl (C=S) groups is 1. The molecular weight excluding hydrogens is 396 g/mol. The number of rotatable bonds is 4. The first-order valence-electron chi connectivity index (χ1n) is 5.67. The summed E-state index contributed by atoms with van der Waals surface area (Å²) < 4.78 is 27.9. The molecule has 3 N–H and O–H groups in total. The van der Waals surface area contributed by atoms with E-state index in [4.69, 9.17) is 29.6 Å². The van der Waals surface area contributed by atoms with Crippen LogP contribution in [-0.4, -0.2) is 13.4 Å². The summed E-state index contributed by atoms with van der Waals surface area (Å²) in [6.45, 7) is 0. The summed E-state index contributed by atoms with van der Waals surface area (Å²) in [5.74, 6) is 0. The van der Waals surface area contributed by atoms with Gasteiger partial charge in [-0.1, -0.05) is 45.8 Å². The standard InChI is InChI=1S/C13H10BrClN2O2S2/c14-8-4-5-12(11(6-8)13(16)20)17-21(18,19)10-3-1-2-9(15)7-10/h1-7,17H,(H2,16,20). The van der Waals surface area contributed by atoms with Crippen LogP contribution in [0.5, 0.6) is 0 Å². The Bertz CT molecular complexity index is 810. The predicted molar refractivity (Wildman–Crippen MR) is 92.3 cm³/mol. The van der Waals surface area contributed by atoms with Crippen LogP contribution in [0.4, 0.5) is 5.69 Å². The summed E-state index contributed by atoms with van der Waals surface area (Å²) in [5.41, 5.74) is 6.37. The number of halogens is 2.